The van der Waals surface area contributed by atoms with Gasteiger partial charge >= 0.3 is 0 Å². The Morgan fingerprint density at radius 1 is 1.23 bits per heavy atom. The van der Waals surface area contributed by atoms with Crippen molar-refractivity contribution < 1.29 is 14.8 Å². The number of rotatable bonds is 5. The molecule has 3 fully saturated rings. The lowest BCUT2D eigenvalue weighted by Crippen LogP contribution is -2.37. The Morgan fingerprint density at radius 3 is 2.67 bits per heavy atom. The second-order valence-electron chi connectivity index (χ2n) is 9.25. The zero-order valence-corrected chi connectivity index (χ0v) is 17.5. The molecule has 1 spiro atoms. The first kappa shape index (κ1) is 20.8. The molecule has 1 aliphatic heterocycles. The summed E-state index contributed by atoms with van der Waals surface area (Å²) >= 11 is 0. The highest BCUT2D eigenvalue weighted by atomic mass is 16.5. The fraction of sp³-hybridized carbons (Fsp3) is 0.609. The van der Waals surface area contributed by atoms with Gasteiger partial charge in [-0.1, -0.05) is 37.8 Å². The van der Waals surface area contributed by atoms with E-state index in [2.05, 4.69) is 9.97 Å². The van der Waals surface area contributed by atoms with Gasteiger partial charge in [0.05, 0.1) is 17.4 Å². The normalized spacial score (nSPS) is 20.8. The number of hydroxylamine groups is 1. The van der Waals surface area contributed by atoms with Gasteiger partial charge in [-0.05, 0) is 49.1 Å². The van der Waals surface area contributed by atoms with Crippen LogP contribution in [0.5, 0.6) is 0 Å². The minimum absolute atomic E-state index is 0.120. The lowest BCUT2D eigenvalue weighted by molar-refractivity contribution is -0.140. The number of imidazole rings is 1. The van der Waals surface area contributed by atoms with Crippen LogP contribution in [0.1, 0.15) is 57.8 Å². The Morgan fingerprint density at radius 2 is 2.00 bits per heavy atom. The van der Waals surface area contributed by atoms with E-state index in [4.69, 9.17) is 5.21 Å². The largest absolute Gasteiger partial charge is 0.345 e. The number of para-hydroxylation sites is 2. The van der Waals surface area contributed by atoms with Gasteiger partial charge in [0.25, 0.3) is 0 Å². The molecule has 2 amide bonds. The second-order valence-corrected chi connectivity index (χ2v) is 9.25. The van der Waals surface area contributed by atoms with E-state index < -0.39 is 5.91 Å². The molecule has 3 aliphatic rings. The van der Waals surface area contributed by atoms with Crippen LogP contribution in [0, 0.1) is 17.3 Å². The van der Waals surface area contributed by atoms with Crippen LogP contribution >= 0.6 is 0 Å². The van der Waals surface area contributed by atoms with Gasteiger partial charge < -0.3 is 9.88 Å². The summed E-state index contributed by atoms with van der Waals surface area (Å²) in [6, 6.07) is 7.94. The minimum Gasteiger partial charge on any atom is -0.345 e. The van der Waals surface area contributed by atoms with Crippen LogP contribution in [0.4, 0.5) is 0 Å². The predicted octanol–water partition coefficient (Wildman–Crippen LogP) is 3.65. The monoisotopic (exact) mass is 412 g/mol. The Kier molecular flexibility index (Phi) is 6.37. The van der Waals surface area contributed by atoms with Gasteiger partial charge in [0.2, 0.25) is 11.8 Å². The molecule has 1 aromatic carbocycles. The number of benzene rings is 1. The number of nitrogens with one attached hydrogen (secondary N) is 2. The van der Waals surface area contributed by atoms with Crippen molar-refractivity contribution in [2.24, 2.45) is 17.3 Å². The number of hydrogen-bond donors (Lipinski definition) is 3. The van der Waals surface area contributed by atoms with Crippen molar-refractivity contribution in [1.82, 2.24) is 20.3 Å². The smallest absolute Gasteiger partial charge is 0.244 e. The molecule has 1 aromatic heterocycles. The van der Waals surface area contributed by atoms with Crippen molar-refractivity contribution in [3.63, 3.8) is 0 Å². The molecular formula is C23H32N4O3. The predicted molar refractivity (Wildman–Crippen MR) is 114 cm³/mol. The Labute approximate surface area is 177 Å². The van der Waals surface area contributed by atoms with Crippen molar-refractivity contribution >= 4 is 22.8 Å². The number of carbonyl (C=O) groups is 2. The fourth-order valence-electron chi connectivity index (χ4n) is 5.04. The molecule has 0 bridgehead atoms. The van der Waals surface area contributed by atoms with Crippen LogP contribution < -0.4 is 5.48 Å². The van der Waals surface area contributed by atoms with E-state index in [0.717, 1.165) is 37.0 Å². The topological polar surface area (TPSA) is 98.3 Å². The van der Waals surface area contributed by atoms with Gasteiger partial charge in [0.15, 0.2) is 0 Å². The molecule has 162 valence electrons. The maximum absolute atomic E-state index is 12.8. The van der Waals surface area contributed by atoms with Gasteiger partial charge in [0, 0.05) is 25.4 Å². The summed E-state index contributed by atoms with van der Waals surface area (Å²) < 4.78 is 0. The van der Waals surface area contributed by atoms with Crippen LogP contribution in [0.15, 0.2) is 30.6 Å². The van der Waals surface area contributed by atoms with Crippen LogP contribution in [0.3, 0.4) is 0 Å². The highest BCUT2D eigenvalue weighted by molar-refractivity contribution is 5.85. The van der Waals surface area contributed by atoms with Crippen molar-refractivity contribution in [3.8, 4) is 0 Å². The average Bonchev–Trinajstić information content (AvgIpc) is 3.18. The summed E-state index contributed by atoms with van der Waals surface area (Å²) in [4.78, 5) is 33.3. The Bertz CT molecular complexity index is 840. The average molecular weight is 413 g/mol. The third-order valence-electron chi connectivity index (χ3n) is 7.03. The Balaban J connectivity index is 0.000000200. The summed E-state index contributed by atoms with van der Waals surface area (Å²) in [5.74, 6) is 0.0121. The number of amides is 2. The summed E-state index contributed by atoms with van der Waals surface area (Å²) in [5.41, 5.74) is 4.23. The molecule has 2 saturated carbocycles. The van der Waals surface area contributed by atoms with Crippen LogP contribution in [-0.2, 0) is 9.59 Å². The standard InChI is InChI=1S/C16H26N2O3.C7H6N2/c19-14(17-21)10-13(9-12-3-1-2-4-12)15(20)18-8-7-16(11-18)5-6-16;1-2-4-7-6(3-1)8-5-9-7/h12-13,21H,1-11H2,(H,17,19);1-5H,(H,8,9). The number of hydrogen-bond acceptors (Lipinski definition) is 4. The molecule has 5 rings (SSSR count). The summed E-state index contributed by atoms with van der Waals surface area (Å²) in [5, 5.41) is 8.76. The van der Waals surface area contributed by atoms with Gasteiger partial charge in [-0.15, -0.1) is 0 Å². The quantitative estimate of drug-likeness (QED) is 0.516. The van der Waals surface area contributed by atoms with E-state index in [1.807, 2.05) is 29.2 Å². The maximum atomic E-state index is 12.8. The van der Waals surface area contributed by atoms with Gasteiger partial charge in [-0.2, -0.15) is 0 Å². The van der Waals surface area contributed by atoms with E-state index in [0.29, 0.717) is 11.3 Å². The minimum atomic E-state index is -0.438. The highest BCUT2D eigenvalue weighted by Gasteiger charge is 2.49. The zero-order valence-electron chi connectivity index (χ0n) is 17.5. The van der Waals surface area contributed by atoms with Crippen LogP contribution in [-0.4, -0.2) is 45.0 Å². The molecule has 7 heteroatoms. The molecule has 2 heterocycles. The fourth-order valence-corrected chi connectivity index (χ4v) is 5.04. The maximum Gasteiger partial charge on any atom is 0.244 e. The molecule has 1 saturated heterocycles. The molecule has 0 radical (unpaired) electrons. The molecule has 2 aromatic rings. The zero-order chi connectivity index (χ0) is 21.0. The first-order valence-corrected chi connectivity index (χ1v) is 11.2. The SMILES string of the molecule is O=C(CC(CC1CCCC1)C(=O)N1CCC2(CC2)C1)NO.c1ccc2[nH]cnc2c1. The molecule has 2 aliphatic carbocycles. The van der Waals surface area contributed by atoms with E-state index in [9.17, 15) is 9.59 Å². The number of aromatic nitrogens is 2. The highest BCUT2D eigenvalue weighted by Crippen LogP contribution is 2.53. The lowest BCUT2D eigenvalue weighted by atomic mass is 9.89. The first-order valence-electron chi connectivity index (χ1n) is 11.2. The molecule has 1 atom stereocenters. The van der Waals surface area contributed by atoms with E-state index in [1.54, 1.807) is 11.8 Å². The third kappa shape index (κ3) is 5.01. The van der Waals surface area contributed by atoms with Gasteiger partial charge in [0.1, 0.15) is 0 Å². The molecule has 30 heavy (non-hydrogen) atoms. The molecular weight excluding hydrogens is 380 g/mol. The molecule has 3 N–H and O–H groups in total. The summed E-state index contributed by atoms with van der Waals surface area (Å²) in [6.45, 7) is 1.73. The van der Waals surface area contributed by atoms with Crippen molar-refractivity contribution in [2.75, 3.05) is 13.1 Å². The van der Waals surface area contributed by atoms with Crippen LogP contribution in [0.2, 0.25) is 0 Å². The molecule has 7 nitrogen and oxygen atoms in total. The molecule has 1 unspecified atom stereocenters. The number of aromatic amines is 1. The van der Waals surface area contributed by atoms with Crippen molar-refractivity contribution in [1.29, 1.82) is 0 Å². The van der Waals surface area contributed by atoms with E-state index in [1.165, 1.54) is 38.5 Å². The van der Waals surface area contributed by atoms with Crippen molar-refractivity contribution in [2.45, 2.75) is 57.8 Å². The van der Waals surface area contributed by atoms with Crippen molar-refractivity contribution in [3.05, 3.63) is 30.6 Å². The summed E-state index contributed by atoms with van der Waals surface area (Å²) in [6.07, 6.45) is 11.1. The number of carbonyl (C=O) groups excluding carboxylic acids is 2. The number of H-pyrrole nitrogens is 1. The number of likely N-dealkylation sites (tertiary alicyclic amines) is 1. The Hall–Kier alpha value is -2.41. The second kappa shape index (κ2) is 9.16. The van der Waals surface area contributed by atoms with Crippen LogP contribution in [0.25, 0.3) is 11.0 Å². The van der Waals surface area contributed by atoms with E-state index >= 15 is 0 Å². The number of fused-ring (bicyclic) bond motifs is 1. The summed E-state index contributed by atoms with van der Waals surface area (Å²) in [7, 11) is 0. The van der Waals surface area contributed by atoms with E-state index in [-0.39, 0.29) is 18.2 Å². The first-order chi connectivity index (χ1) is 14.6. The third-order valence-corrected chi connectivity index (χ3v) is 7.03. The number of nitrogens with zero attached hydrogens (tertiary/aromatic N) is 2. The van der Waals surface area contributed by atoms with Gasteiger partial charge in [-0.3, -0.25) is 14.8 Å². The lowest BCUT2D eigenvalue weighted by Gasteiger charge is -2.25. The van der Waals surface area contributed by atoms with Gasteiger partial charge in [-0.25, -0.2) is 10.5 Å².